The Kier molecular flexibility index (Phi) is 3.10. The van der Waals surface area contributed by atoms with Crippen molar-refractivity contribution < 1.29 is 23.4 Å². The third kappa shape index (κ3) is 2.45. The molecule has 21 heavy (non-hydrogen) atoms. The molecule has 0 spiro atoms. The molecule has 0 aliphatic carbocycles. The third-order valence-electron chi connectivity index (χ3n) is 3.15. The van der Waals surface area contributed by atoms with Crippen LogP contribution in [-0.2, 0) is 9.84 Å². The van der Waals surface area contributed by atoms with E-state index in [1.807, 2.05) is 0 Å². The van der Waals surface area contributed by atoms with Crippen LogP contribution in [0.1, 0.15) is 5.56 Å². The molecule has 0 atom stereocenters. The molecule has 108 valence electrons. The fourth-order valence-corrected chi connectivity index (χ4v) is 3.61. The Hall–Kier alpha value is -2.47. The summed E-state index contributed by atoms with van der Waals surface area (Å²) in [7, 11) is -3.64. The van der Waals surface area contributed by atoms with Gasteiger partial charge in [-0.05, 0) is 42.0 Å². The minimum absolute atomic E-state index is 0.0453. The van der Waals surface area contributed by atoms with E-state index in [1.54, 1.807) is 18.2 Å². The van der Waals surface area contributed by atoms with Crippen LogP contribution in [0.4, 0.5) is 0 Å². The molecule has 1 aliphatic rings. The second kappa shape index (κ2) is 4.82. The maximum absolute atomic E-state index is 12.3. The molecule has 2 aromatic carbocycles. The molecule has 2 N–H and O–H groups in total. The quantitative estimate of drug-likeness (QED) is 0.909. The van der Waals surface area contributed by atoms with Crippen molar-refractivity contribution in [1.29, 1.82) is 0 Å². The van der Waals surface area contributed by atoms with Crippen LogP contribution in [0.25, 0.3) is 6.08 Å². The Morgan fingerprint density at radius 1 is 1.00 bits per heavy atom. The molecule has 0 unspecified atom stereocenters. The van der Waals surface area contributed by atoms with Gasteiger partial charge in [0.15, 0.2) is 0 Å². The lowest BCUT2D eigenvalue weighted by Gasteiger charge is -2.07. The number of fused-ring (bicyclic) bond motifs is 1. The van der Waals surface area contributed by atoms with Crippen molar-refractivity contribution in [3.8, 4) is 17.2 Å². The monoisotopic (exact) mass is 304 g/mol. The number of sulfone groups is 1. The average molecular weight is 304 g/mol. The van der Waals surface area contributed by atoms with E-state index in [1.165, 1.54) is 30.3 Å². The minimum Gasteiger partial charge on any atom is -0.508 e. The van der Waals surface area contributed by atoms with Crippen molar-refractivity contribution >= 4 is 15.9 Å². The molecule has 0 saturated carbocycles. The van der Waals surface area contributed by atoms with Gasteiger partial charge in [0.25, 0.3) is 0 Å². The number of phenols is 2. The highest BCUT2D eigenvalue weighted by atomic mass is 32.2. The molecule has 0 aromatic heterocycles. The zero-order valence-electron chi connectivity index (χ0n) is 10.9. The average Bonchev–Trinajstić information content (AvgIpc) is 2.68. The van der Waals surface area contributed by atoms with Crippen molar-refractivity contribution in [3.63, 3.8) is 0 Å². The van der Waals surface area contributed by atoms with Crippen LogP contribution in [0.15, 0.2) is 52.3 Å². The van der Waals surface area contributed by atoms with E-state index in [0.717, 1.165) is 0 Å². The Labute approximate surface area is 121 Å². The number of rotatable bonds is 3. The second-order valence-corrected chi connectivity index (χ2v) is 6.59. The van der Waals surface area contributed by atoms with Crippen LogP contribution in [0.2, 0.25) is 0 Å². The first-order valence-corrected chi connectivity index (χ1v) is 7.66. The lowest BCUT2D eigenvalue weighted by atomic mass is 10.2. The van der Waals surface area contributed by atoms with E-state index in [2.05, 4.69) is 0 Å². The largest absolute Gasteiger partial charge is 0.508 e. The van der Waals surface area contributed by atoms with Gasteiger partial charge in [0.05, 0.1) is 9.80 Å². The van der Waals surface area contributed by atoms with E-state index in [0.29, 0.717) is 11.3 Å². The highest BCUT2D eigenvalue weighted by molar-refractivity contribution is 7.95. The van der Waals surface area contributed by atoms with Gasteiger partial charge in [-0.2, -0.15) is 0 Å². The highest BCUT2D eigenvalue weighted by Crippen LogP contribution is 2.35. The van der Waals surface area contributed by atoms with E-state index in [9.17, 15) is 18.6 Å². The summed E-state index contributed by atoms with van der Waals surface area (Å²) in [5, 5.41) is 18.7. The number of aromatic hydroxyl groups is 2. The van der Waals surface area contributed by atoms with E-state index >= 15 is 0 Å². The van der Waals surface area contributed by atoms with Gasteiger partial charge in [0, 0.05) is 6.07 Å². The van der Waals surface area contributed by atoms with Crippen molar-refractivity contribution in [2.75, 3.05) is 6.61 Å². The van der Waals surface area contributed by atoms with Crippen molar-refractivity contribution in [1.82, 2.24) is 0 Å². The highest BCUT2D eigenvalue weighted by Gasteiger charge is 2.30. The first-order chi connectivity index (χ1) is 9.96. The van der Waals surface area contributed by atoms with Crippen LogP contribution < -0.4 is 4.74 Å². The molecule has 1 heterocycles. The number of phenolic OH excluding ortho intramolecular Hbond substituents is 2. The van der Waals surface area contributed by atoms with Crippen LogP contribution in [0.3, 0.4) is 0 Å². The minimum atomic E-state index is -3.64. The Morgan fingerprint density at radius 3 is 2.52 bits per heavy atom. The van der Waals surface area contributed by atoms with Crippen molar-refractivity contribution in [2.45, 2.75) is 4.90 Å². The van der Waals surface area contributed by atoms with E-state index in [-0.39, 0.29) is 27.9 Å². The molecule has 6 heteroatoms. The molecule has 5 nitrogen and oxygen atoms in total. The van der Waals surface area contributed by atoms with Gasteiger partial charge in [0.2, 0.25) is 9.84 Å². The van der Waals surface area contributed by atoms with Gasteiger partial charge < -0.3 is 14.9 Å². The lowest BCUT2D eigenvalue weighted by Crippen LogP contribution is -2.08. The molecule has 3 rings (SSSR count). The summed E-state index contributed by atoms with van der Waals surface area (Å²) in [6, 6.07) is 10.3. The Morgan fingerprint density at radius 2 is 1.76 bits per heavy atom. The first kappa shape index (κ1) is 13.5. The number of hydrogen-bond donors (Lipinski definition) is 2. The van der Waals surface area contributed by atoms with Crippen molar-refractivity contribution in [2.24, 2.45) is 0 Å². The molecule has 2 aromatic rings. The maximum atomic E-state index is 12.3. The number of benzene rings is 2. The first-order valence-electron chi connectivity index (χ1n) is 6.17. The summed E-state index contributed by atoms with van der Waals surface area (Å²) >= 11 is 0. The zero-order chi connectivity index (χ0) is 15.0. The summed E-state index contributed by atoms with van der Waals surface area (Å²) < 4.78 is 30.0. The van der Waals surface area contributed by atoms with Gasteiger partial charge >= 0.3 is 0 Å². The molecule has 1 aliphatic heterocycles. The molecular weight excluding hydrogens is 292 g/mol. The Bertz CT molecular complexity index is 837. The summed E-state index contributed by atoms with van der Waals surface area (Å²) in [6.45, 7) is -0.138. The summed E-state index contributed by atoms with van der Waals surface area (Å²) in [6.07, 6.45) is 1.52. The number of hydrogen-bond acceptors (Lipinski definition) is 5. The SMILES string of the molecule is O=S1(=O)C(COc2cccc(O)c2)=Cc2ccc(O)cc21. The summed E-state index contributed by atoms with van der Waals surface area (Å²) in [5.74, 6) is 0.328. The van der Waals surface area contributed by atoms with Gasteiger partial charge in [-0.3, -0.25) is 0 Å². The molecule has 0 fully saturated rings. The molecule has 0 bridgehead atoms. The van der Waals surface area contributed by atoms with Gasteiger partial charge in [0.1, 0.15) is 23.9 Å². The molecular formula is C15H12O5S. The predicted molar refractivity (Wildman–Crippen MR) is 76.9 cm³/mol. The topological polar surface area (TPSA) is 83.8 Å². The second-order valence-electron chi connectivity index (χ2n) is 4.62. The fourth-order valence-electron chi connectivity index (χ4n) is 2.11. The Balaban J connectivity index is 1.85. The van der Waals surface area contributed by atoms with E-state index < -0.39 is 9.84 Å². The fraction of sp³-hybridized carbons (Fsp3) is 0.0667. The van der Waals surface area contributed by atoms with Crippen molar-refractivity contribution in [3.05, 3.63) is 52.9 Å². The number of ether oxygens (including phenoxy) is 1. The smallest absolute Gasteiger partial charge is 0.206 e. The molecule has 0 amide bonds. The van der Waals surface area contributed by atoms with Gasteiger partial charge in [-0.15, -0.1) is 0 Å². The van der Waals surface area contributed by atoms with Crippen LogP contribution in [0, 0.1) is 0 Å². The van der Waals surface area contributed by atoms with Crippen LogP contribution >= 0.6 is 0 Å². The van der Waals surface area contributed by atoms with Gasteiger partial charge in [-0.25, -0.2) is 8.42 Å². The van der Waals surface area contributed by atoms with Crippen LogP contribution in [0.5, 0.6) is 17.2 Å². The molecule has 0 radical (unpaired) electrons. The standard InChI is InChI=1S/C15H12O5S/c16-11-2-1-3-13(7-11)20-9-14-6-10-4-5-12(17)8-15(10)21(14,18)19/h1-8,16-17H,9H2. The van der Waals surface area contributed by atoms with E-state index in [4.69, 9.17) is 4.74 Å². The third-order valence-corrected chi connectivity index (χ3v) is 5.01. The normalized spacial score (nSPS) is 15.3. The van der Waals surface area contributed by atoms with Crippen LogP contribution in [-0.4, -0.2) is 25.2 Å². The summed E-state index contributed by atoms with van der Waals surface area (Å²) in [5.41, 5.74) is 0.530. The lowest BCUT2D eigenvalue weighted by molar-refractivity contribution is 0.356. The van der Waals surface area contributed by atoms with Gasteiger partial charge in [-0.1, -0.05) is 6.07 Å². The molecule has 0 saturated heterocycles. The maximum Gasteiger partial charge on any atom is 0.206 e. The predicted octanol–water partition coefficient (Wildman–Crippen LogP) is 2.31. The summed E-state index contributed by atoms with van der Waals surface area (Å²) in [4.78, 5) is 0.198. The zero-order valence-corrected chi connectivity index (χ0v) is 11.7.